The van der Waals surface area contributed by atoms with Crippen molar-refractivity contribution in [2.75, 3.05) is 0 Å². The van der Waals surface area contributed by atoms with Gasteiger partial charge in [-0.1, -0.05) is 42.5 Å². The molecule has 1 aliphatic carbocycles. The predicted octanol–water partition coefficient (Wildman–Crippen LogP) is 4.00. The number of unbranched alkanes of at least 4 members (excludes halogenated alkanes) is 1. The first kappa shape index (κ1) is 19.2. The predicted molar refractivity (Wildman–Crippen MR) is 111 cm³/mol. The lowest BCUT2D eigenvalue weighted by molar-refractivity contribution is -0.136. The molecule has 1 aromatic carbocycles. The van der Waals surface area contributed by atoms with Gasteiger partial charge in [-0.2, -0.15) is 0 Å². The van der Waals surface area contributed by atoms with Crippen molar-refractivity contribution in [1.29, 1.82) is 0 Å². The lowest BCUT2D eigenvalue weighted by Gasteiger charge is -2.36. The van der Waals surface area contributed by atoms with Gasteiger partial charge in [0.05, 0.1) is 5.41 Å². The highest BCUT2D eigenvalue weighted by atomic mass is 16.2. The number of amides is 2. The summed E-state index contributed by atoms with van der Waals surface area (Å²) in [7, 11) is 0. The lowest BCUT2D eigenvalue weighted by atomic mass is 9.69. The van der Waals surface area contributed by atoms with Crippen LogP contribution >= 0.6 is 0 Å². The zero-order chi connectivity index (χ0) is 19.6. The third kappa shape index (κ3) is 3.74. The summed E-state index contributed by atoms with van der Waals surface area (Å²) in [6.07, 6.45) is 12.3. The smallest absolute Gasteiger partial charge is 0.228 e. The molecule has 0 aromatic heterocycles. The standard InChI is InChI=1S/C24H32N2O2/c1-2-3-4-8-11-22(27)26-20-14-15-21(26)24(17-20,23(28)25-19-12-13-19)16-18-9-6-5-7-10-18/h2-3,5-7,9-10,19-21H,4,8,11-17H2,1H3,(H,25,28)/b3-2+/t20-,21+,24+/m0/s1. The van der Waals surface area contributed by atoms with Gasteiger partial charge < -0.3 is 10.2 Å². The van der Waals surface area contributed by atoms with Crippen LogP contribution in [0.3, 0.4) is 0 Å². The quantitative estimate of drug-likeness (QED) is 0.547. The van der Waals surface area contributed by atoms with Crippen LogP contribution in [0, 0.1) is 5.41 Å². The Balaban J connectivity index is 1.54. The SMILES string of the molecule is C/C=C/CCCC(=O)N1[C@H]2CC[C@@H]1[C@](Cc1ccccc1)(C(=O)NC1CC1)C2. The number of allylic oxidation sites excluding steroid dienone is 2. The van der Waals surface area contributed by atoms with Crippen LogP contribution in [0.1, 0.15) is 63.9 Å². The molecule has 28 heavy (non-hydrogen) atoms. The topological polar surface area (TPSA) is 49.4 Å². The third-order valence-corrected chi connectivity index (χ3v) is 6.75. The van der Waals surface area contributed by atoms with E-state index in [0.29, 0.717) is 12.5 Å². The highest BCUT2D eigenvalue weighted by molar-refractivity contribution is 5.87. The van der Waals surface area contributed by atoms with E-state index in [1.54, 1.807) is 0 Å². The van der Waals surface area contributed by atoms with E-state index in [1.807, 2.05) is 31.2 Å². The minimum atomic E-state index is -0.466. The minimum Gasteiger partial charge on any atom is -0.353 e. The molecule has 2 bridgehead atoms. The summed E-state index contributed by atoms with van der Waals surface area (Å²) in [6.45, 7) is 2.01. The van der Waals surface area contributed by atoms with E-state index in [-0.39, 0.29) is 23.9 Å². The second kappa shape index (κ2) is 8.10. The van der Waals surface area contributed by atoms with Gasteiger partial charge in [0.15, 0.2) is 0 Å². The summed E-state index contributed by atoms with van der Waals surface area (Å²) in [5.41, 5.74) is 0.729. The van der Waals surface area contributed by atoms with Gasteiger partial charge in [-0.05, 0) is 63.9 Å². The number of carbonyl (C=O) groups excluding carboxylic acids is 2. The maximum absolute atomic E-state index is 13.4. The molecule has 4 nitrogen and oxygen atoms in total. The average molecular weight is 381 g/mol. The number of carbonyl (C=O) groups is 2. The van der Waals surface area contributed by atoms with Crippen molar-refractivity contribution in [1.82, 2.24) is 10.2 Å². The van der Waals surface area contributed by atoms with Gasteiger partial charge in [-0.25, -0.2) is 0 Å². The van der Waals surface area contributed by atoms with Gasteiger partial charge >= 0.3 is 0 Å². The van der Waals surface area contributed by atoms with Crippen molar-refractivity contribution in [3.63, 3.8) is 0 Å². The molecule has 2 amide bonds. The summed E-state index contributed by atoms with van der Waals surface area (Å²) < 4.78 is 0. The Bertz CT molecular complexity index is 740. The van der Waals surface area contributed by atoms with Gasteiger partial charge in [0.2, 0.25) is 11.8 Å². The number of hydrogen-bond donors (Lipinski definition) is 1. The number of hydrogen-bond acceptors (Lipinski definition) is 2. The number of nitrogens with one attached hydrogen (secondary N) is 1. The highest BCUT2D eigenvalue weighted by Crippen LogP contribution is 2.52. The summed E-state index contributed by atoms with van der Waals surface area (Å²) >= 11 is 0. The van der Waals surface area contributed by atoms with E-state index >= 15 is 0 Å². The molecule has 0 unspecified atom stereocenters. The molecular weight excluding hydrogens is 348 g/mol. The normalized spacial score (nSPS) is 28.8. The molecule has 150 valence electrons. The van der Waals surface area contributed by atoms with E-state index in [1.165, 1.54) is 5.56 Å². The second-order valence-electron chi connectivity index (χ2n) is 8.78. The molecule has 1 saturated carbocycles. The van der Waals surface area contributed by atoms with E-state index in [9.17, 15) is 9.59 Å². The molecule has 3 aliphatic rings. The minimum absolute atomic E-state index is 0.0469. The Labute approximate surface area is 168 Å². The monoisotopic (exact) mass is 380 g/mol. The van der Waals surface area contributed by atoms with Crippen LogP contribution in [-0.4, -0.2) is 34.8 Å². The molecule has 4 rings (SSSR count). The number of rotatable bonds is 8. The lowest BCUT2D eigenvalue weighted by Crippen LogP contribution is -2.51. The fraction of sp³-hybridized carbons (Fsp3) is 0.583. The molecule has 4 heteroatoms. The molecule has 0 spiro atoms. The van der Waals surface area contributed by atoms with Crippen molar-refractivity contribution in [3.05, 3.63) is 48.0 Å². The summed E-state index contributed by atoms with van der Waals surface area (Å²) in [5, 5.41) is 3.28. The molecule has 1 aromatic rings. The van der Waals surface area contributed by atoms with E-state index in [0.717, 1.165) is 51.4 Å². The molecule has 3 fully saturated rings. The van der Waals surface area contributed by atoms with Crippen LogP contribution in [0.15, 0.2) is 42.5 Å². The number of nitrogens with zero attached hydrogens (tertiary/aromatic N) is 1. The Morgan fingerprint density at radius 2 is 1.96 bits per heavy atom. The molecule has 2 aliphatic heterocycles. The first-order valence-electron chi connectivity index (χ1n) is 10.9. The van der Waals surface area contributed by atoms with Gasteiger partial charge in [-0.15, -0.1) is 0 Å². The van der Waals surface area contributed by atoms with Crippen molar-refractivity contribution >= 4 is 11.8 Å². The third-order valence-electron chi connectivity index (χ3n) is 6.75. The summed E-state index contributed by atoms with van der Waals surface area (Å²) in [4.78, 5) is 28.6. The van der Waals surface area contributed by atoms with Crippen LogP contribution in [0.2, 0.25) is 0 Å². The van der Waals surface area contributed by atoms with Crippen molar-refractivity contribution in [2.45, 2.75) is 82.8 Å². The van der Waals surface area contributed by atoms with Crippen LogP contribution in [0.4, 0.5) is 0 Å². The summed E-state index contributed by atoms with van der Waals surface area (Å²) in [6, 6.07) is 11.0. The fourth-order valence-electron chi connectivity index (χ4n) is 5.26. The van der Waals surface area contributed by atoms with E-state index in [4.69, 9.17) is 0 Å². The van der Waals surface area contributed by atoms with Crippen LogP contribution in [0.25, 0.3) is 0 Å². The Morgan fingerprint density at radius 1 is 1.18 bits per heavy atom. The highest BCUT2D eigenvalue weighted by Gasteiger charge is 2.61. The Morgan fingerprint density at radius 3 is 2.68 bits per heavy atom. The zero-order valence-corrected chi connectivity index (χ0v) is 16.9. The first-order chi connectivity index (χ1) is 13.6. The molecule has 1 N–H and O–H groups in total. The van der Waals surface area contributed by atoms with Crippen molar-refractivity contribution in [3.8, 4) is 0 Å². The van der Waals surface area contributed by atoms with Crippen molar-refractivity contribution < 1.29 is 9.59 Å². The van der Waals surface area contributed by atoms with E-state index < -0.39 is 5.41 Å². The molecular formula is C24H32N2O2. The first-order valence-corrected chi connectivity index (χ1v) is 10.9. The molecule has 0 radical (unpaired) electrons. The number of benzene rings is 1. The van der Waals surface area contributed by atoms with Crippen LogP contribution in [0.5, 0.6) is 0 Å². The Kier molecular flexibility index (Phi) is 5.56. The summed E-state index contributed by atoms with van der Waals surface area (Å²) in [5.74, 6) is 0.420. The number of fused-ring (bicyclic) bond motifs is 2. The van der Waals surface area contributed by atoms with Gasteiger partial charge in [0.1, 0.15) is 0 Å². The fourth-order valence-corrected chi connectivity index (χ4v) is 5.26. The van der Waals surface area contributed by atoms with Gasteiger partial charge in [0.25, 0.3) is 0 Å². The molecule has 3 atom stereocenters. The average Bonchev–Trinajstić information content (AvgIpc) is 3.34. The van der Waals surface area contributed by atoms with Crippen LogP contribution in [-0.2, 0) is 16.0 Å². The maximum atomic E-state index is 13.4. The van der Waals surface area contributed by atoms with Crippen molar-refractivity contribution in [2.24, 2.45) is 5.41 Å². The zero-order valence-electron chi connectivity index (χ0n) is 16.9. The Hall–Kier alpha value is -2.10. The van der Waals surface area contributed by atoms with Gasteiger partial charge in [-0.3, -0.25) is 9.59 Å². The van der Waals surface area contributed by atoms with Gasteiger partial charge in [0, 0.05) is 24.5 Å². The maximum Gasteiger partial charge on any atom is 0.228 e. The van der Waals surface area contributed by atoms with Crippen LogP contribution < -0.4 is 5.32 Å². The second-order valence-corrected chi connectivity index (χ2v) is 8.78. The van der Waals surface area contributed by atoms with E-state index in [2.05, 4.69) is 28.4 Å². The molecule has 2 heterocycles. The largest absolute Gasteiger partial charge is 0.353 e. The molecule has 2 saturated heterocycles.